The Morgan fingerprint density at radius 2 is 2.00 bits per heavy atom. The molecular weight excluding hydrogens is 262 g/mol. The molecule has 1 aliphatic rings. The first-order chi connectivity index (χ1) is 10.3. The van der Waals surface area contributed by atoms with Crippen molar-refractivity contribution in [2.75, 3.05) is 0 Å². The topological polar surface area (TPSA) is 53.2 Å². The number of aliphatic hydroxyl groups is 1. The quantitative estimate of drug-likeness (QED) is 0.613. The SMILES string of the molecule is N#CCCCCC1=CC(CCc2ccccc2)OC(O)C1. The Kier molecular flexibility index (Phi) is 6.46. The van der Waals surface area contributed by atoms with E-state index in [1.165, 1.54) is 11.1 Å². The average molecular weight is 285 g/mol. The van der Waals surface area contributed by atoms with Crippen molar-refractivity contribution in [1.29, 1.82) is 5.26 Å². The lowest BCUT2D eigenvalue weighted by Crippen LogP contribution is -2.26. The minimum absolute atomic E-state index is 0.0000714. The number of nitriles is 1. The molecule has 0 radical (unpaired) electrons. The fourth-order valence-corrected chi connectivity index (χ4v) is 2.69. The number of unbranched alkanes of at least 4 members (excludes halogenated alkanes) is 2. The Labute approximate surface area is 126 Å². The van der Waals surface area contributed by atoms with Crippen LogP contribution in [0.1, 0.15) is 44.1 Å². The number of aryl methyl sites for hydroxylation is 1. The first kappa shape index (κ1) is 15.8. The van der Waals surface area contributed by atoms with Gasteiger partial charge in [0.25, 0.3) is 0 Å². The number of hydrogen-bond acceptors (Lipinski definition) is 3. The van der Waals surface area contributed by atoms with Crippen LogP contribution >= 0.6 is 0 Å². The zero-order chi connectivity index (χ0) is 14.9. The Balaban J connectivity index is 1.82. The van der Waals surface area contributed by atoms with Crippen molar-refractivity contribution in [2.24, 2.45) is 0 Å². The summed E-state index contributed by atoms with van der Waals surface area (Å²) in [7, 11) is 0. The number of benzene rings is 1. The van der Waals surface area contributed by atoms with E-state index in [0.29, 0.717) is 12.8 Å². The van der Waals surface area contributed by atoms with Gasteiger partial charge in [-0.25, -0.2) is 0 Å². The molecule has 0 aliphatic carbocycles. The highest BCUT2D eigenvalue weighted by atomic mass is 16.6. The number of hydrogen-bond donors (Lipinski definition) is 1. The second-order valence-corrected chi connectivity index (χ2v) is 5.55. The second-order valence-electron chi connectivity index (χ2n) is 5.55. The van der Waals surface area contributed by atoms with Crippen molar-refractivity contribution < 1.29 is 9.84 Å². The summed E-state index contributed by atoms with van der Waals surface area (Å²) in [5.74, 6) is 0. The molecule has 3 heteroatoms. The molecule has 0 aromatic heterocycles. The van der Waals surface area contributed by atoms with Crippen LogP contribution in [0.2, 0.25) is 0 Å². The summed E-state index contributed by atoms with van der Waals surface area (Å²) in [5.41, 5.74) is 2.56. The molecule has 3 nitrogen and oxygen atoms in total. The molecule has 0 fully saturated rings. The lowest BCUT2D eigenvalue weighted by molar-refractivity contribution is -0.129. The van der Waals surface area contributed by atoms with E-state index in [-0.39, 0.29) is 6.10 Å². The van der Waals surface area contributed by atoms with Gasteiger partial charge in [0.05, 0.1) is 12.2 Å². The zero-order valence-corrected chi connectivity index (χ0v) is 12.4. The normalized spacial score (nSPS) is 21.6. The summed E-state index contributed by atoms with van der Waals surface area (Å²) in [6, 6.07) is 12.5. The molecule has 1 aliphatic heterocycles. The van der Waals surface area contributed by atoms with E-state index in [1.807, 2.05) is 18.2 Å². The summed E-state index contributed by atoms with van der Waals surface area (Å²) < 4.78 is 5.59. The first-order valence-electron chi connectivity index (χ1n) is 7.72. The van der Waals surface area contributed by atoms with E-state index in [4.69, 9.17) is 10.00 Å². The molecule has 21 heavy (non-hydrogen) atoms. The molecule has 1 aromatic carbocycles. The highest BCUT2D eigenvalue weighted by Gasteiger charge is 2.20. The van der Waals surface area contributed by atoms with Gasteiger partial charge in [-0.15, -0.1) is 0 Å². The Hall–Kier alpha value is -1.63. The van der Waals surface area contributed by atoms with E-state index in [9.17, 15) is 5.11 Å². The van der Waals surface area contributed by atoms with Crippen LogP contribution in [0.15, 0.2) is 42.0 Å². The molecule has 1 N–H and O–H groups in total. The van der Waals surface area contributed by atoms with E-state index in [1.54, 1.807) is 0 Å². The van der Waals surface area contributed by atoms with E-state index < -0.39 is 6.29 Å². The van der Waals surface area contributed by atoms with Crippen LogP contribution < -0.4 is 0 Å². The Morgan fingerprint density at radius 1 is 1.19 bits per heavy atom. The molecule has 0 saturated carbocycles. The first-order valence-corrected chi connectivity index (χ1v) is 7.72. The van der Waals surface area contributed by atoms with Crippen LogP contribution in [0, 0.1) is 11.3 Å². The molecule has 0 bridgehead atoms. The molecule has 1 heterocycles. The number of aliphatic hydroxyl groups excluding tert-OH is 1. The van der Waals surface area contributed by atoms with Crippen LogP contribution in [-0.4, -0.2) is 17.5 Å². The Morgan fingerprint density at radius 3 is 2.76 bits per heavy atom. The molecule has 1 aromatic rings. The summed E-state index contributed by atoms with van der Waals surface area (Å²) in [4.78, 5) is 0. The van der Waals surface area contributed by atoms with Gasteiger partial charge < -0.3 is 9.84 Å². The maximum absolute atomic E-state index is 9.83. The third kappa shape index (κ3) is 5.71. The van der Waals surface area contributed by atoms with Crippen molar-refractivity contribution >= 4 is 0 Å². The third-order valence-corrected chi connectivity index (χ3v) is 3.79. The van der Waals surface area contributed by atoms with Gasteiger partial charge in [0.1, 0.15) is 0 Å². The highest BCUT2D eigenvalue weighted by Crippen LogP contribution is 2.24. The van der Waals surface area contributed by atoms with Crippen LogP contribution in [0.25, 0.3) is 0 Å². The van der Waals surface area contributed by atoms with Gasteiger partial charge in [-0.1, -0.05) is 42.0 Å². The minimum atomic E-state index is -0.679. The molecule has 2 atom stereocenters. The molecule has 2 rings (SSSR count). The molecule has 0 spiro atoms. The monoisotopic (exact) mass is 285 g/mol. The molecule has 2 unspecified atom stereocenters. The van der Waals surface area contributed by atoms with Crippen LogP contribution in [0.4, 0.5) is 0 Å². The standard InChI is InChI=1S/C18H23NO2/c19-12-6-2-5-9-16-13-17(21-18(20)14-16)11-10-15-7-3-1-4-8-15/h1,3-4,7-8,13,17-18,20H,2,5-6,9-11,14H2. The van der Waals surface area contributed by atoms with Gasteiger partial charge in [0, 0.05) is 12.8 Å². The molecule has 0 saturated heterocycles. The summed E-state index contributed by atoms with van der Waals surface area (Å²) in [6.07, 6.45) is 7.46. The number of rotatable bonds is 7. The van der Waals surface area contributed by atoms with Gasteiger partial charge in [0.2, 0.25) is 0 Å². The van der Waals surface area contributed by atoms with Crippen molar-refractivity contribution in [1.82, 2.24) is 0 Å². The fourth-order valence-electron chi connectivity index (χ4n) is 2.69. The maximum atomic E-state index is 9.83. The molecule has 0 amide bonds. The maximum Gasteiger partial charge on any atom is 0.159 e. The van der Waals surface area contributed by atoms with Gasteiger partial charge >= 0.3 is 0 Å². The third-order valence-electron chi connectivity index (χ3n) is 3.79. The van der Waals surface area contributed by atoms with Gasteiger partial charge in [-0.05, 0) is 37.7 Å². The molecular formula is C18H23NO2. The summed E-state index contributed by atoms with van der Waals surface area (Å²) in [6.45, 7) is 0. The summed E-state index contributed by atoms with van der Waals surface area (Å²) >= 11 is 0. The van der Waals surface area contributed by atoms with E-state index in [0.717, 1.165) is 32.1 Å². The minimum Gasteiger partial charge on any atom is -0.368 e. The predicted octanol–water partition coefficient (Wildman–Crippen LogP) is 3.74. The van der Waals surface area contributed by atoms with Crippen molar-refractivity contribution in [3.63, 3.8) is 0 Å². The van der Waals surface area contributed by atoms with Gasteiger partial charge in [-0.2, -0.15) is 5.26 Å². The number of ether oxygens (including phenoxy) is 1. The van der Waals surface area contributed by atoms with Crippen LogP contribution in [0.5, 0.6) is 0 Å². The van der Waals surface area contributed by atoms with Crippen LogP contribution in [-0.2, 0) is 11.2 Å². The lowest BCUT2D eigenvalue weighted by Gasteiger charge is -2.26. The second kappa shape index (κ2) is 8.61. The predicted molar refractivity (Wildman–Crippen MR) is 82.4 cm³/mol. The smallest absolute Gasteiger partial charge is 0.159 e. The number of nitrogens with zero attached hydrogens (tertiary/aromatic N) is 1. The highest BCUT2D eigenvalue weighted by molar-refractivity contribution is 5.16. The van der Waals surface area contributed by atoms with E-state index >= 15 is 0 Å². The largest absolute Gasteiger partial charge is 0.368 e. The van der Waals surface area contributed by atoms with E-state index in [2.05, 4.69) is 24.3 Å². The van der Waals surface area contributed by atoms with Crippen molar-refractivity contribution in [3.8, 4) is 6.07 Å². The Bertz CT molecular complexity index is 490. The molecule has 112 valence electrons. The van der Waals surface area contributed by atoms with Crippen molar-refractivity contribution in [2.45, 2.75) is 57.3 Å². The lowest BCUT2D eigenvalue weighted by atomic mass is 9.97. The summed E-state index contributed by atoms with van der Waals surface area (Å²) in [5, 5.41) is 18.4. The van der Waals surface area contributed by atoms with Crippen molar-refractivity contribution in [3.05, 3.63) is 47.5 Å². The van der Waals surface area contributed by atoms with Crippen LogP contribution in [0.3, 0.4) is 0 Å². The average Bonchev–Trinajstić information content (AvgIpc) is 2.50. The fraction of sp³-hybridized carbons (Fsp3) is 0.500. The van der Waals surface area contributed by atoms with Gasteiger partial charge in [-0.3, -0.25) is 0 Å². The zero-order valence-electron chi connectivity index (χ0n) is 12.4. The van der Waals surface area contributed by atoms with Gasteiger partial charge in [0.15, 0.2) is 6.29 Å².